The van der Waals surface area contributed by atoms with Gasteiger partial charge in [-0.1, -0.05) is 59.1 Å². The second-order valence-corrected chi connectivity index (χ2v) is 9.19. The van der Waals surface area contributed by atoms with E-state index in [2.05, 4.69) is 5.32 Å². The van der Waals surface area contributed by atoms with Crippen molar-refractivity contribution in [2.24, 2.45) is 0 Å². The summed E-state index contributed by atoms with van der Waals surface area (Å²) in [4.78, 5) is 39.5. The van der Waals surface area contributed by atoms with E-state index in [-0.39, 0.29) is 17.2 Å². The topological polar surface area (TPSA) is 84.9 Å². The molecule has 0 aromatic heterocycles. The second-order valence-electron chi connectivity index (χ2n) is 8.79. The Kier molecular flexibility index (Phi) is 7.64. The first-order valence-corrected chi connectivity index (χ1v) is 12.2. The van der Waals surface area contributed by atoms with Crippen LogP contribution >= 0.6 is 11.6 Å². The fraction of sp³-hybridized carbons (Fsp3) is 0.207. The highest BCUT2D eigenvalue weighted by Gasteiger charge is 2.37. The summed E-state index contributed by atoms with van der Waals surface area (Å²) in [6.07, 6.45) is 1.39. The first kappa shape index (κ1) is 26.0. The zero-order chi connectivity index (χ0) is 26.7. The number of aryl methyl sites for hydroxylation is 3. The molecule has 190 valence electrons. The number of benzene rings is 3. The molecule has 1 aliphatic heterocycles. The van der Waals surface area contributed by atoms with Crippen LogP contribution < -0.4 is 19.7 Å². The minimum Gasteiger partial charge on any atom is -0.490 e. The number of carbonyl (C=O) groups is 3. The lowest BCUT2D eigenvalue weighted by atomic mass is 10.0. The average Bonchev–Trinajstić information content (AvgIpc) is 2.84. The number of amides is 4. The van der Waals surface area contributed by atoms with Crippen LogP contribution in [-0.4, -0.2) is 24.5 Å². The number of anilines is 1. The first-order valence-electron chi connectivity index (χ1n) is 11.8. The van der Waals surface area contributed by atoms with Crippen molar-refractivity contribution in [2.45, 2.75) is 34.3 Å². The van der Waals surface area contributed by atoms with Gasteiger partial charge in [0.05, 0.1) is 17.3 Å². The predicted octanol–water partition coefficient (Wildman–Crippen LogP) is 5.91. The van der Waals surface area contributed by atoms with Gasteiger partial charge in [-0.2, -0.15) is 0 Å². The van der Waals surface area contributed by atoms with Gasteiger partial charge in [-0.05, 0) is 68.7 Å². The summed E-state index contributed by atoms with van der Waals surface area (Å²) in [7, 11) is 0. The van der Waals surface area contributed by atoms with Crippen molar-refractivity contribution in [3.8, 4) is 11.5 Å². The highest BCUT2D eigenvalue weighted by Crippen LogP contribution is 2.38. The van der Waals surface area contributed by atoms with Gasteiger partial charge in [-0.3, -0.25) is 14.9 Å². The third-order valence-electron chi connectivity index (χ3n) is 5.84. The Bertz CT molecular complexity index is 1410. The number of carbonyl (C=O) groups excluding carboxylic acids is 3. The van der Waals surface area contributed by atoms with Crippen molar-refractivity contribution >= 4 is 41.2 Å². The van der Waals surface area contributed by atoms with E-state index >= 15 is 0 Å². The van der Waals surface area contributed by atoms with Crippen LogP contribution in [0.4, 0.5) is 10.5 Å². The largest absolute Gasteiger partial charge is 0.490 e. The third-order valence-corrected chi connectivity index (χ3v) is 6.12. The fourth-order valence-electron chi connectivity index (χ4n) is 4.01. The summed E-state index contributed by atoms with van der Waals surface area (Å²) in [6, 6.07) is 15.7. The molecule has 3 aromatic carbocycles. The molecule has 3 aromatic rings. The maximum absolute atomic E-state index is 13.3. The Morgan fingerprint density at radius 2 is 1.62 bits per heavy atom. The quantitative estimate of drug-likeness (QED) is 0.310. The van der Waals surface area contributed by atoms with Gasteiger partial charge < -0.3 is 9.47 Å². The van der Waals surface area contributed by atoms with Gasteiger partial charge in [-0.15, -0.1) is 0 Å². The molecule has 4 rings (SSSR count). The van der Waals surface area contributed by atoms with Crippen molar-refractivity contribution in [1.82, 2.24) is 5.32 Å². The van der Waals surface area contributed by atoms with Crippen LogP contribution in [0.15, 0.2) is 60.2 Å². The molecular formula is C29H27ClN2O5. The van der Waals surface area contributed by atoms with E-state index in [1.165, 1.54) is 6.08 Å². The average molecular weight is 519 g/mol. The van der Waals surface area contributed by atoms with Gasteiger partial charge in [0.2, 0.25) is 0 Å². The molecule has 0 bridgehead atoms. The number of ether oxygens (including phenoxy) is 2. The molecule has 7 nitrogen and oxygen atoms in total. The van der Waals surface area contributed by atoms with Crippen LogP contribution in [0.25, 0.3) is 6.08 Å². The van der Waals surface area contributed by atoms with Crippen LogP contribution in [0.3, 0.4) is 0 Å². The fourth-order valence-corrected chi connectivity index (χ4v) is 4.29. The number of rotatable bonds is 7. The lowest BCUT2D eigenvalue weighted by Crippen LogP contribution is -2.54. The molecule has 0 saturated carbocycles. The Balaban J connectivity index is 1.67. The molecule has 0 aliphatic carbocycles. The Morgan fingerprint density at radius 1 is 0.919 bits per heavy atom. The van der Waals surface area contributed by atoms with Gasteiger partial charge in [0, 0.05) is 0 Å². The van der Waals surface area contributed by atoms with Gasteiger partial charge in [0.25, 0.3) is 11.8 Å². The summed E-state index contributed by atoms with van der Waals surface area (Å²) in [5, 5.41) is 2.51. The van der Waals surface area contributed by atoms with Crippen LogP contribution in [0.5, 0.6) is 11.5 Å². The summed E-state index contributed by atoms with van der Waals surface area (Å²) < 4.78 is 11.7. The number of urea groups is 1. The Hall–Kier alpha value is -4.10. The molecule has 8 heteroatoms. The molecule has 1 aliphatic rings. The number of nitrogens with zero attached hydrogens (tertiary/aromatic N) is 1. The highest BCUT2D eigenvalue weighted by atomic mass is 35.5. The summed E-state index contributed by atoms with van der Waals surface area (Å²) in [6.45, 7) is 8.19. The number of hydrogen-bond acceptors (Lipinski definition) is 5. The molecule has 1 saturated heterocycles. The lowest BCUT2D eigenvalue weighted by molar-refractivity contribution is -0.122. The van der Waals surface area contributed by atoms with E-state index in [0.717, 1.165) is 27.2 Å². The molecule has 0 spiro atoms. The van der Waals surface area contributed by atoms with E-state index in [0.29, 0.717) is 29.4 Å². The molecule has 4 amide bonds. The summed E-state index contributed by atoms with van der Waals surface area (Å²) in [5.41, 5.74) is 4.48. The smallest absolute Gasteiger partial charge is 0.335 e. The third kappa shape index (κ3) is 5.67. The van der Waals surface area contributed by atoms with Crippen molar-refractivity contribution in [3.05, 3.63) is 93.0 Å². The van der Waals surface area contributed by atoms with E-state index in [1.807, 2.05) is 51.1 Å². The van der Waals surface area contributed by atoms with Crippen molar-refractivity contribution < 1.29 is 23.9 Å². The lowest BCUT2D eigenvalue weighted by Gasteiger charge is -2.27. The minimum absolute atomic E-state index is 0.202. The molecule has 1 heterocycles. The number of imide groups is 2. The number of barbiturate groups is 1. The minimum atomic E-state index is -0.799. The number of halogens is 1. The van der Waals surface area contributed by atoms with E-state index in [4.69, 9.17) is 21.1 Å². The Morgan fingerprint density at radius 3 is 2.30 bits per heavy atom. The standard InChI is InChI=1S/C29H27ClN2O5/c1-5-36-25-15-21(14-23(30)26(25)37-16-20-9-6-17(2)7-10-20)13-22-27(33)31-29(35)32(28(22)34)24-11-8-18(3)12-19(24)4/h6-15H,5,16H2,1-4H3,(H,31,33,35)/b22-13+. The molecular weight excluding hydrogens is 492 g/mol. The molecule has 0 atom stereocenters. The van der Waals surface area contributed by atoms with E-state index < -0.39 is 17.8 Å². The van der Waals surface area contributed by atoms with Crippen molar-refractivity contribution in [2.75, 3.05) is 11.5 Å². The predicted molar refractivity (Wildman–Crippen MR) is 143 cm³/mol. The van der Waals surface area contributed by atoms with Crippen molar-refractivity contribution in [1.29, 1.82) is 0 Å². The first-order chi connectivity index (χ1) is 17.7. The van der Waals surface area contributed by atoms with E-state index in [1.54, 1.807) is 31.2 Å². The maximum atomic E-state index is 13.3. The van der Waals surface area contributed by atoms with E-state index in [9.17, 15) is 14.4 Å². The normalized spacial score (nSPS) is 14.7. The second kappa shape index (κ2) is 10.9. The molecule has 37 heavy (non-hydrogen) atoms. The van der Waals surface area contributed by atoms with Crippen LogP contribution in [0.1, 0.15) is 34.7 Å². The zero-order valence-electron chi connectivity index (χ0n) is 21.1. The summed E-state index contributed by atoms with van der Waals surface area (Å²) in [5.74, 6) is -0.781. The van der Waals surface area contributed by atoms with Crippen LogP contribution in [0, 0.1) is 20.8 Å². The molecule has 0 radical (unpaired) electrons. The van der Waals surface area contributed by atoms with Gasteiger partial charge in [0.15, 0.2) is 11.5 Å². The van der Waals surface area contributed by atoms with Gasteiger partial charge in [0.1, 0.15) is 12.2 Å². The number of hydrogen-bond donors (Lipinski definition) is 1. The Labute approximate surface area is 220 Å². The van der Waals surface area contributed by atoms with Crippen LogP contribution in [0.2, 0.25) is 5.02 Å². The van der Waals surface area contributed by atoms with Gasteiger partial charge in [-0.25, -0.2) is 9.69 Å². The monoisotopic (exact) mass is 518 g/mol. The highest BCUT2D eigenvalue weighted by molar-refractivity contribution is 6.39. The molecule has 0 unspecified atom stereocenters. The molecule has 1 N–H and O–H groups in total. The maximum Gasteiger partial charge on any atom is 0.335 e. The SMILES string of the molecule is CCOc1cc(/C=C2\C(=O)NC(=O)N(c3ccc(C)cc3C)C2=O)cc(Cl)c1OCc1ccc(C)cc1. The number of nitrogens with one attached hydrogen (secondary N) is 1. The van der Waals surface area contributed by atoms with Crippen molar-refractivity contribution in [3.63, 3.8) is 0 Å². The summed E-state index contributed by atoms with van der Waals surface area (Å²) >= 11 is 6.55. The zero-order valence-corrected chi connectivity index (χ0v) is 21.8. The molecule has 1 fully saturated rings. The van der Waals surface area contributed by atoms with Gasteiger partial charge >= 0.3 is 6.03 Å². The van der Waals surface area contributed by atoms with Crippen LogP contribution in [-0.2, 0) is 16.2 Å².